The minimum absolute atomic E-state index is 0.0572. The molecule has 0 aliphatic carbocycles. The number of aryl methyl sites for hydroxylation is 1. The second-order valence-electron chi connectivity index (χ2n) is 6.44. The van der Waals surface area contributed by atoms with E-state index in [2.05, 4.69) is 15.8 Å². The first kappa shape index (κ1) is 17.0. The predicted molar refractivity (Wildman–Crippen MR) is 95.0 cm³/mol. The summed E-state index contributed by atoms with van der Waals surface area (Å²) < 4.78 is 4.97. The van der Waals surface area contributed by atoms with Crippen molar-refractivity contribution in [3.63, 3.8) is 0 Å². The highest BCUT2D eigenvalue weighted by atomic mass is 16.5. The number of rotatable bonds is 3. The molecule has 2 N–H and O–H groups in total. The number of aromatic nitrogens is 1. The molecular weight excluding hydrogens is 320 g/mol. The van der Waals surface area contributed by atoms with Gasteiger partial charge in [-0.3, -0.25) is 15.0 Å². The van der Waals surface area contributed by atoms with Crippen LogP contribution in [0.4, 0.5) is 16.3 Å². The number of benzene rings is 1. The van der Waals surface area contributed by atoms with Gasteiger partial charge >= 0.3 is 6.03 Å². The number of anilines is 2. The highest BCUT2D eigenvalue weighted by Gasteiger charge is 2.26. The van der Waals surface area contributed by atoms with Crippen LogP contribution in [0.1, 0.15) is 41.9 Å². The molecule has 0 bridgehead atoms. The van der Waals surface area contributed by atoms with Crippen LogP contribution in [0.25, 0.3) is 0 Å². The van der Waals surface area contributed by atoms with Crippen molar-refractivity contribution in [2.24, 2.45) is 0 Å². The second kappa shape index (κ2) is 6.96. The summed E-state index contributed by atoms with van der Waals surface area (Å²) in [6, 6.07) is 6.92. The summed E-state index contributed by atoms with van der Waals surface area (Å²) in [6.07, 6.45) is 1.56. The van der Waals surface area contributed by atoms with Gasteiger partial charge < -0.3 is 9.84 Å². The van der Waals surface area contributed by atoms with Crippen molar-refractivity contribution >= 4 is 23.4 Å². The largest absolute Gasteiger partial charge is 0.360 e. The Balaban J connectivity index is 1.86. The zero-order valence-electron chi connectivity index (χ0n) is 14.6. The molecule has 0 spiro atoms. The monoisotopic (exact) mass is 342 g/mol. The van der Waals surface area contributed by atoms with E-state index in [1.54, 1.807) is 30.0 Å². The van der Waals surface area contributed by atoms with Crippen LogP contribution in [0.15, 0.2) is 28.8 Å². The van der Waals surface area contributed by atoms with Crippen LogP contribution >= 0.6 is 0 Å². The molecule has 3 amide bonds. The van der Waals surface area contributed by atoms with E-state index in [0.717, 1.165) is 24.1 Å². The van der Waals surface area contributed by atoms with Crippen LogP contribution < -0.4 is 15.5 Å². The Labute approximate surface area is 146 Å². The molecule has 132 valence electrons. The fraction of sp³-hybridized carbons (Fsp3) is 0.389. The van der Waals surface area contributed by atoms with Crippen molar-refractivity contribution in [3.05, 3.63) is 41.2 Å². The van der Waals surface area contributed by atoms with Crippen molar-refractivity contribution in [3.8, 4) is 0 Å². The Bertz CT molecular complexity index is 797. The smallest absolute Gasteiger partial charge is 0.327 e. The number of fused-ring (bicyclic) bond motifs is 1. The van der Waals surface area contributed by atoms with Crippen molar-refractivity contribution in [1.82, 2.24) is 10.5 Å². The van der Waals surface area contributed by atoms with E-state index in [9.17, 15) is 9.59 Å². The van der Waals surface area contributed by atoms with Crippen LogP contribution in [0.3, 0.4) is 0 Å². The number of urea groups is 1. The number of amides is 3. The molecule has 2 heterocycles. The minimum Gasteiger partial charge on any atom is -0.360 e. The van der Waals surface area contributed by atoms with Gasteiger partial charge in [-0.1, -0.05) is 11.2 Å². The summed E-state index contributed by atoms with van der Waals surface area (Å²) >= 11 is 0. The van der Waals surface area contributed by atoms with Gasteiger partial charge in [0, 0.05) is 29.9 Å². The zero-order valence-corrected chi connectivity index (χ0v) is 14.6. The Morgan fingerprint density at radius 2 is 2.12 bits per heavy atom. The first-order valence-electron chi connectivity index (χ1n) is 8.40. The van der Waals surface area contributed by atoms with E-state index in [4.69, 9.17) is 4.52 Å². The molecule has 1 aromatic carbocycles. The average molecular weight is 342 g/mol. The van der Waals surface area contributed by atoms with Crippen LogP contribution in [0.2, 0.25) is 0 Å². The Kier molecular flexibility index (Phi) is 4.74. The molecule has 1 aliphatic rings. The molecule has 0 radical (unpaired) electrons. The quantitative estimate of drug-likeness (QED) is 0.897. The Morgan fingerprint density at radius 1 is 1.32 bits per heavy atom. The number of nitrogens with zero attached hydrogens (tertiary/aromatic N) is 2. The molecule has 0 saturated carbocycles. The summed E-state index contributed by atoms with van der Waals surface area (Å²) in [6.45, 7) is 6.20. The highest BCUT2D eigenvalue weighted by molar-refractivity contribution is 6.04. The van der Waals surface area contributed by atoms with Crippen molar-refractivity contribution < 1.29 is 14.1 Å². The molecule has 3 rings (SSSR count). The molecule has 1 aliphatic heterocycles. The average Bonchev–Trinajstić information content (AvgIpc) is 2.97. The maximum absolute atomic E-state index is 12.6. The van der Waals surface area contributed by atoms with E-state index in [1.807, 2.05) is 19.9 Å². The van der Waals surface area contributed by atoms with E-state index in [0.29, 0.717) is 23.7 Å². The lowest BCUT2D eigenvalue weighted by atomic mass is 9.96. The molecule has 0 saturated heterocycles. The van der Waals surface area contributed by atoms with Crippen molar-refractivity contribution in [1.29, 1.82) is 0 Å². The number of hydrogen-bond donors (Lipinski definition) is 2. The standard InChI is InChI=1S/C18H22N4O3/c1-11(2)19-17(23)14-6-4-8-15-13(14)7-5-9-22(15)18(24)20-16-10-12(3)25-21-16/h4,6,8,10-11H,5,7,9H2,1-3H3,(H,19,23)(H,20,21,24). The lowest BCUT2D eigenvalue weighted by Crippen LogP contribution is -2.40. The molecule has 0 fully saturated rings. The summed E-state index contributed by atoms with van der Waals surface area (Å²) in [5.74, 6) is 0.895. The van der Waals surface area contributed by atoms with E-state index >= 15 is 0 Å². The lowest BCUT2D eigenvalue weighted by molar-refractivity contribution is 0.0942. The third-order valence-corrected chi connectivity index (χ3v) is 4.02. The molecule has 0 atom stereocenters. The van der Waals surface area contributed by atoms with Crippen molar-refractivity contribution in [2.75, 3.05) is 16.8 Å². The van der Waals surface area contributed by atoms with Gasteiger partial charge in [0.15, 0.2) is 5.82 Å². The van der Waals surface area contributed by atoms with Gasteiger partial charge in [0.2, 0.25) is 0 Å². The Hall–Kier alpha value is -2.83. The maximum Gasteiger partial charge on any atom is 0.327 e. The van der Waals surface area contributed by atoms with Gasteiger partial charge in [-0.2, -0.15) is 0 Å². The topological polar surface area (TPSA) is 87.5 Å². The van der Waals surface area contributed by atoms with Gasteiger partial charge in [0.1, 0.15) is 5.76 Å². The summed E-state index contributed by atoms with van der Waals surface area (Å²) in [4.78, 5) is 26.7. The van der Waals surface area contributed by atoms with E-state index < -0.39 is 0 Å². The van der Waals surface area contributed by atoms with Gasteiger partial charge in [-0.05, 0) is 51.3 Å². The molecular formula is C18H22N4O3. The fourth-order valence-electron chi connectivity index (χ4n) is 2.99. The van der Waals surface area contributed by atoms with Gasteiger partial charge in [-0.15, -0.1) is 0 Å². The summed E-state index contributed by atoms with van der Waals surface area (Å²) in [5, 5.41) is 9.44. The Morgan fingerprint density at radius 3 is 2.80 bits per heavy atom. The number of carbonyl (C=O) groups excluding carboxylic acids is 2. The summed E-state index contributed by atoms with van der Waals surface area (Å²) in [5.41, 5.74) is 2.29. The normalized spacial score (nSPS) is 13.5. The van der Waals surface area contributed by atoms with Gasteiger partial charge in [0.05, 0.1) is 0 Å². The molecule has 1 aromatic heterocycles. The van der Waals surface area contributed by atoms with E-state index in [1.165, 1.54) is 0 Å². The SMILES string of the molecule is Cc1cc(NC(=O)N2CCCc3c(C(=O)NC(C)C)cccc32)no1. The minimum atomic E-state index is -0.282. The number of nitrogens with one attached hydrogen (secondary N) is 2. The summed E-state index contributed by atoms with van der Waals surface area (Å²) in [7, 11) is 0. The zero-order chi connectivity index (χ0) is 18.0. The molecule has 7 nitrogen and oxygen atoms in total. The second-order valence-corrected chi connectivity index (χ2v) is 6.44. The predicted octanol–water partition coefficient (Wildman–Crippen LogP) is 3.11. The van der Waals surface area contributed by atoms with Crippen LogP contribution in [0.5, 0.6) is 0 Å². The van der Waals surface area contributed by atoms with Gasteiger partial charge in [-0.25, -0.2) is 4.79 Å². The third-order valence-electron chi connectivity index (χ3n) is 4.02. The van der Waals surface area contributed by atoms with Crippen LogP contribution in [-0.4, -0.2) is 29.7 Å². The number of carbonyl (C=O) groups is 2. The van der Waals surface area contributed by atoms with Crippen LogP contribution in [-0.2, 0) is 6.42 Å². The third kappa shape index (κ3) is 3.65. The molecule has 7 heteroatoms. The van der Waals surface area contributed by atoms with Crippen molar-refractivity contribution in [2.45, 2.75) is 39.7 Å². The van der Waals surface area contributed by atoms with Gasteiger partial charge in [0.25, 0.3) is 5.91 Å². The van der Waals surface area contributed by atoms with Crippen LogP contribution in [0, 0.1) is 6.92 Å². The van der Waals surface area contributed by atoms with E-state index in [-0.39, 0.29) is 18.0 Å². The number of hydrogen-bond acceptors (Lipinski definition) is 4. The molecule has 0 unspecified atom stereocenters. The highest BCUT2D eigenvalue weighted by Crippen LogP contribution is 2.30. The first-order valence-corrected chi connectivity index (χ1v) is 8.40. The lowest BCUT2D eigenvalue weighted by Gasteiger charge is -2.30. The fourth-order valence-corrected chi connectivity index (χ4v) is 2.99. The molecule has 25 heavy (non-hydrogen) atoms. The maximum atomic E-state index is 12.6. The first-order chi connectivity index (χ1) is 12.0. The molecule has 2 aromatic rings.